The second-order valence-electron chi connectivity index (χ2n) is 6.54. The minimum Gasteiger partial charge on any atom is -0.457 e. The van der Waals surface area contributed by atoms with E-state index in [1.807, 2.05) is 0 Å². The Balaban J connectivity index is 2.61. The summed E-state index contributed by atoms with van der Waals surface area (Å²) in [6, 6.07) is 5.75. The number of halogens is 6. The van der Waals surface area contributed by atoms with Crippen LogP contribution in [0.15, 0.2) is 36.5 Å². The fraction of sp³-hybridized carbons (Fsp3) is 0.450. The van der Waals surface area contributed by atoms with E-state index in [0.717, 1.165) is 19.2 Å². The highest BCUT2D eigenvalue weighted by Crippen LogP contribution is 2.53. The SMILES string of the molecule is CCCc1cc(C(OCOC)(C(F)(F)F)C(F)(F)F)ccc1Oc1ccnc(C)c1. The van der Waals surface area contributed by atoms with Crippen molar-refractivity contribution < 1.29 is 40.6 Å². The van der Waals surface area contributed by atoms with Crippen LogP contribution in [0.4, 0.5) is 26.3 Å². The smallest absolute Gasteiger partial charge is 0.430 e. The van der Waals surface area contributed by atoms with Gasteiger partial charge in [-0.2, -0.15) is 26.3 Å². The van der Waals surface area contributed by atoms with E-state index >= 15 is 0 Å². The molecule has 0 aliphatic carbocycles. The van der Waals surface area contributed by atoms with E-state index in [1.165, 1.54) is 12.3 Å². The van der Waals surface area contributed by atoms with Crippen molar-refractivity contribution in [3.63, 3.8) is 0 Å². The van der Waals surface area contributed by atoms with Gasteiger partial charge in [0.1, 0.15) is 18.3 Å². The van der Waals surface area contributed by atoms with Crippen LogP contribution < -0.4 is 4.74 Å². The van der Waals surface area contributed by atoms with Crippen LogP contribution >= 0.6 is 0 Å². The number of rotatable bonds is 8. The maximum atomic E-state index is 13.8. The minimum absolute atomic E-state index is 0.149. The lowest BCUT2D eigenvalue weighted by atomic mass is 9.89. The molecule has 0 spiro atoms. The number of benzene rings is 1. The lowest BCUT2D eigenvalue weighted by Gasteiger charge is -2.37. The Morgan fingerprint density at radius 3 is 2.17 bits per heavy atom. The van der Waals surface area contributed by atoms with Gasteiger partial charge in [0.25, 0.3) is 5.60 Å². The molecule has 0 saturated heterocycles. The molecule has 1 heterocycles. The normalized spacial score (nSPS) is 12.8. The molecule has 0 atom stereocenters. The van der Waals surface area contributed by atoms with Gasteiger partial charge in [0.15, 0.2) is 0 Å². The maximum Gasteiger partial charge on any atom is 0.430 e. The molecule has 0 N–H and O–H groups in total. The van der Waals surface area contributed by atoms with Gasteiger partial charge in [-0.3, -0.25) is 4.98 Å². The van der Waals surface area contributed by atoms with Crippen LogP contribution in [0, 0.1) is 6.92 Å². The van der Waals surface area contributed by atoms with Gasteiger partial charge < -0.3 is 14.2 Å². The van der Waals surface area contributed by atoms with E-state index in [-0.39, 0.29) is 17.7 Å². The minimum atomic E-state index is -5.78. The van der Waals surface area contributed by atoms with Gasteiger partial charge in [0, 0.05) is 30.6 Å². The summed E-state index contributed by atoms with van der Waals surface area (Å²) >= 11 is 0. The first-order valence-electron chi connectivity index (χ1n) is 8.96. The number of ether oxygens (including phenoxy) is 3. The zero-order valence-corrected chi connectivity index (χ0v) is 16.5. The van der Waals surface area contributed by atoms with Crippen LogP contribution in [0.5, 0.6) is 11.5 Å². The van der Waals surface area contributed by atoms with Gasteiger partial charge in [-0.25, -0.2) is 0 Å². The summed E-state index contributed by atoms with van der Waals surface area (Å²) in [5.74, 6) is 0.511. The van der Waals surface area contributed by atoms with Gasteiger partial charge in [0.2, 0.25) is 0 Å². The summed E-state index contributed by atoms with van der Waals surface area (Å²) in [7, 11) is 0.938. The van der Waals surface area contributed by atoms with E-state index in [4.69, 9.17) is 4.74 Å². The molecular formula is C20H21F6NO3. The Labute approximate surface area is 169 Å². The van der Waals surface area contributed by atoms with Crippen molar-refractivity contribution in [3.05, 3.63) is 53.3 Å². The Kier molecular flexibility index (Phi) is 7.36. The van der Waals surface area contributed by atoms with Gasteiger partial charge in [-0.1, -0.05) is 19.4 Å². The highest BCUT2D eigenvalue weighted by Gasteiger charge is 2.73. The van der Waals surface area contributed by atoms with E-state index in [2.05, 4.69) is 14.5 Å². The predicted molar refractivity (Wildman–Crippen MR) is 96.2 cm³/mol. The van der Waals surface area contributed by atoms with Crippen molar-refractivity contribution >= 4 is 0 Å². The molecule has 1 aromatic heterocycles. The standard InChI is InChI=1S/C20H21F6NO3/c1-4-5-14-11-15(6-7-17(14)30-16-8-9-27-13(2)10-16)18(19(21,22)23,20(24,25)26)29-12-28-3/h6-11H,4-5,12H2,1-3H3. The van der Waals surface area contributed by atoms with Crippen LogP contribution in [0.1, 0.15) is 30.2 Å². The summed E-state index contributed by atoms with van der Waals surface area (Å²) in [5.41, 5.74) is -4.81. The second kappa shape index (κ2) is 9.22. The Morgan fingerprint density at radius 2 is 1.63 bits per heavy atom. The van der Waals surface area contributed by atoms with Crippen molar-refractivity contribution in [2.75, 3.05) is 13.9 Å². The molecule has 0 amide bonds. The molecule has 10 heteroatoms. The van der Waals surface area contributed by atoms with Crippen LogP contribution in [0.3, 0.4) is 0 Å². The van der Waals surface area contributed by atoms with Crippen molar-refractivity contribution in [1.82, 2.24) is 4.98 Å². The molecule has 2 aromatic rings. The van der Waals surface area contributed by atoms with Gasteiger partial charge >= 0.3 is 12.4 Å². The van der Waals surface area contributed by atoms with E-state index in [0.29, 0.717) is 23.9 Å². The van der Waals surface area contributed by atoms with Crippen LogP contribution in [-0.2, 0) is 21.5 Å². The predicted octanol–water partition coefficient (Wildman–Crippen LogP) is 6.08. The number of aryl methyl sites for hydroxylation is 2. The third-order valence-corrected chi connectivity index (χ3v) is 4.27. The lowest BCUT2D eigenvalue weighted by molar-refractivity contribution is -0.400. The number of pyridine rings is 1. The first-order chi connectivity index (χ1) is 14.0. The number of hydrogen-bond acceptors (Lipinski definition) is 4. The molecular weight excluding hydrogens is 416 g/mol. The monoisotopic (exact) mass is 437 g/mol. The Bertz CT molecular complexity index is 837. The van der Waals surface area contributed by atoms with Crippen molar-refractivity contribution in [3.8, 4) is 11.5 Å². The quantitative estimate of drug-likeness (QED) is 0.371. The number of methoxy groups -OCH3 is 1. The lowest BCUT2D eigenvalue weighted by Crippen LogP contribution is -2.56. The molecule has 0 radical (unpaired) electrons. The summed E-state index contributed by atoms with van der Waals surface area (Å²) < 4.78 is 96.8. The third-order valence-electron chi connectivity index (χ3n) is 4.27. The summed E-state index contributed by atoms with van der Waals surface area (Å²) in [6.07, 6.45) is -9.41. The molecule has 30 heavy (non-hydrogen) atoms. The van der Waals surface area contributed by atoms with Gasteiger partial charge in [-0.15, -0.1) is 0 Å². The number of hydrogen-bond donors (Lipinski definition) is 0. The molecule has 4 nitrogen and oxygen atoms in total. The topological polar surface area (TPSA) is 40.6 Å². The van der Waals surface area contributed by atoms with Crippen molar-refractivity contribution in [1.29, 1.82) is 0 Å². The van der Waals surface area contributed by atoms with Crippen molar-refractivity contribution in [2.24, 2.45) is 0 Å². The van der Waals surface area contributed by atoms with Gasteiger partial charge in [-0.05, 0) is 37.1 Å². The fourth-order valence-electron chi connectivity index (χ4n) is 2.96. The molecule has 0 fully saturated rings. The Hall–Kier alpha value is -2.33. The summed E-state index contributed by atoms with van der Waals surface area (Å²) in [6.45, 7) is 2.27. The second-order valence-corrected chi connectivity index (χ2v) is 6.54. The molecule has 2 rings (SSSR count). The molecule has 166 valence electrons. The summed E-state index contributed by atoms with van der Waals surface area (Å²) in [5, 5.41) is 0. The summed E-state index contributed by atoms with van der Waals surface area (Å²) in [4.78, 5) is 4.01. The van der Waals surface area contributed by atoms with Gasteiger partial charge in [0.05, 0.1) is 0 Å². The number of aromatic nitrogens is 1. The van der Waals surface area contributed by atoms with E-state index in [1.54, 1.807) is 19.9 Å². The molecule has 0 aliphatic heterocycles. The number of nitrogens with zero attached hydrogens (tertiary/aromatic N) is 1. The highest BCUT2D eigenvalue weighted by molar-refractivity contribution is 5.43. The molecule has 0 bridgehead atoms. The molecule has 0 aliphatic rings. The Morgan fingerprint density at radius 1 is 0.967 bits per heavy atom. The zero-order chi connectivity index (χ0) is 22.6. The van der Waals surface area contributed by atoms with E-state index in [9.17, 15) is 26.3 Å². The average Bonchev–Trinajstić information content (AvgIpc) is 2.62. The first kappa shape index (κ1) is 23.9. The largest absolute Gasteiger partial charge is 0.457 e. The average molecular weight is 437 g/mol. The van der Waals surface area contributed by atoms with E-state index < -0.39 is 30.3 Å². The van der Waals surface area contributed by atoms with Crippen LogP contribution in [0.25, 0.3) is 0 Å². The third kappa shape index (κ3) is 4.86. The number of alkyl halides is 6. The maximum absolute atomic E-state index is 13.8. The van der Waals surface area contributed by atoms with Crippen LogP contribution in [0.2, 0.25) is 0 Å². The first-order valence-corrected chi connectivity index (χ1v) is 8.96. The molecule has 0 unspecified atom stereocenters. The zero-order valence-electron chi connectivity index (χ0n) is 16.5. The highest BCUT2D eigenvalue weighted by atomic mass is 19.4. The van der Waals surface area contributed by atoms with Crippen LogP contribution in [-0.4, -0.2) is 31.2 Å². The molecule has 0 saturated carbocycles. The molecule has 1 aromatic carbocycles. The van der Waals surface area contributed by atoms with Crippen molar-refractivity contribution in [2.45, 2.75) is 44.6 Å². The fourth-order valence-corrected chi connectivity index (χ4v) is 2.96.